The third kappa shape index (κ3) is 2.83. The second-order valence-corrected chi connectivity index (χ2v) is 7.24. The summed E-state index contributed by atoms with van der Waals surface area (Å²) in [6, 6.07) is 0. The predicted octanol–water partition coefficient (Wildman–Crippen LogP) is 2.06. The summed E-state index contributed by atoms with van der Waals surface area (Å²) in [6.45, 7) is 2.45. The van der Waals surface area contributed by atoms with Crippen molar-refractivity contribution in [1.29, 1.82) is 0 Å². The average Bonchev–Trinajstić information content (AvgIpc) is 3.12. The molecule has 0 radical (unpaired) electrons. The highest BCUT2D eigenvalue weighted by Gasteiger charge is 2.30. The number of phenolic OH excluding ortho intramolecular Hbond substituents is 1. The van der Waals surface area contributed by atoms with Gasteiger partial charge in [-0.05, 0) is 31.7 Å². The topological polar surface area (TPSA) is 97.1 Å². The zero-order chi connectivity index (χ0) is 20.0. The van der Waals surface area contributed by atoms with Crippen molar-refractivity contribution >= 4 is 23.2 Å². The van der Waals surface area contributed by atoms with E-state index < -0.39 is 11.8 Å². The number of halogens is 1. The summed E-state index contributed by atoms with van der Waals surface area (Å²) in [4.78, 5) is 38.0. The quantitative estimate of drug-likeness (QED) is 0.638. The Hall–Kier alpha value is -2.90. The maximum atomic E-state index is 13.4. The van der Waals surface area contributed by atoms with E-state index in [0.717, 1.165) is 0 Å². The van der Waals surface area contributed by atoms with Gasteiger partial charge in [0.1, 0.15) is 11.7 Å². The molecule has 7 nitrogen and oxygen atoms in total. The largest absolute Gasteiger partial charge is 0.504 e. The van der Waals surface area contributed by atoms with Gasteiger partial charge in [-0.25, -0.2) is 9.18 Å². The third-order valence-electron chi connectivity index (χ3n) is 5.53. The zero-order valence-electron chi connectivity index (χ0n) is 15.4. The Morgan fingerprint density at radius 1 is 1.43 bits per heavy atom. The van der Waals surface area contributed by atoms with Crippen LogP contribution in [0.1, 0.15) is 39.9 Å². The van der Waals surface area contributed by atoms with Gasteiger partial charge >= 0.3 is 5.63 Å². The van der Waals surface area contributed by atoms with Crippen LogP contribution >= 0.6 is 0 Å². The number of amides is 1. The molecule has 1 N–H and O–H groups in total. The first-order valence-electron chi connectivity index (χ1n) is 9.26. The Morgan fingerprint density at radius 2 is 2.21 bits per heavy atom. The Morgan fingerprint density at radius 3 is 2.89 bits per heavy atom. The molecule has 0 spiro atoms. The van der Waals surface area contributed by atoms with Gasteiger partial charge in [0, 0.05) is 17.5 Å². The summed E-state index contributed by atoms with van der Waals surface area (Å²) in [5.74, 6) is -0.459. The number of likely N-dealkylation sites (tertiary alicyclic amines) is 1. The van der Waals surface area contributed by atoms with Crippen LogP contribution in [0.4, 0.5) is 4.39 Å². The summed E-state index contributed by atoms with van der Waals surface area (Å²) >= 11 is 0. The third-order valence-corrected chi connectivity index (χ3v) is 5.53. The van der Waals surface area contributed by atoms with E-state index in [1.54, 1.807) is 6.92 Å². The zero-order valence-corrected chi connectivity index (χ0v) is 15.4. The minimum atomic E-state index is -1.04. The molecule has 2 aliphatic heterocycles. The molecule has 4 rings (SSSR count). The molecule has 8 heteroatoms. The van der Waals surface area contributed by atoms with Crippen molar-refractivity contribution in [3.63, 3.8) is 0 Å². The van der Waals surface area contributed by atoms with E-state index in [9.17, 15) is 23.9 Å². The van der Waals surface area contributed by atoms with Crippen LogP contribution < -0.4 is 10.4 Å². The number of aryl methyl sites for hydroxylation is 2. The van der Waals surface area contributed by atoms with Crippen LogP contribution in [0.3, 0.4) is 0 Å². The number of aromatic hydroxyl groups is 1. The van der Waals surface area contributed by atoms with Crippen molar-refractivity contribution < 1.29 is 28.2 Å². The summed E-state index contributed by atoms with van der Waals surface area (Å²) in [5, 5.41) is 10.9. The molecule has 28 heavy (non-hydrogen) atoms. The van der Waals surface area contributed by atoms with Gasteiger partial charge < -0.3 is 19.2 Å². The van der Waals surface area contributed by atoms with Crippen molar-refractivity contribution in [3.05, 3.63) is 32.7 Å². The summed E-state index contributed by atoms with van der Waals surface area (Å²) in [7, 11) is 0. The molecule has 1 saturated heterocycles. The molecule has 0 saturated carbocycles. The average molecular weight is 389 g/mol. The van der Waals surface area contributed by atoms with Crippen LogP contribution in [-0.2, 0) is 17.6 Å². The molecule has 148 valence electrons. The monoisotopic (exact) mass is 389 g/mol. The Balaban J connectivity index is 1.87. The van der Waals surface area contributed by atoms with Gasteiger partial charge in [-0.3, -0.25) is 9.59 Å². The molecule has 0 aliphatic carbocycles. The fraction of sp³-hybridized carbons (Fsp3) is 0.450. The van der Waals surface area contributed by atoms with Crippen molar-refractivity contribution in [2.45, 2.75) is 38.8 Å². The van der Waals surface area contributed by atoms with Gasteiger partial charge in [0.2, 0.25) is 5.91 Å². The molecule has 3 heterocycles. The first-order valence-corrected chi connectivity index (χ1v) is 9.26. The normalized spacial score (nSPS) is 18.8. The van der Waals surface area contributed by atoms with Crippen molar-refractivity contribution in [2.75, 3.05) is 19.7 Å². The van der Waals surface area contributed by atoms with Crippen LogP contribution in [0.2, 0.25) is 0 Å². The highest BCUT2D eigenvalue weighted by molar-refractivity contribution is 6.02. The van der Waals surface area contributed by atoms with Crippen LogP contribution in [0.15, 0.2) is 9.21 Å². The van der Waals surface area contributed by atoms with Crippen molar-refractivity contribution in [3.8, 4) is 11.5 Å². The number of ether oxygens (including phenoxy) is 1. The van der Waals surface area contributed by atoms with Crippen molar-refractivity contribution in [1.82, 2.24) is 4.90 Å². The molecular weight excluding hydrogens is 369 g/mol. The maximum Gasteiger partial charge on any atom is 0.340 e. The predicted molar refractivity (Wildman–Crippen MR) is 97.9 cm³/mol. The highest BCUT2D eigenvalue weighted by Crippen LogP contribution is 2.43. The van der Waals surface area contributed by atoms with Gasteiger partial charge in [-0.1, -0.05) is 0 Å². The van der Waals surface area contributed by atoms with Crippen LogP contribution in [0.5, 0.6) is 11.5 Å². The summed E-state index contributed by atoms with van der Waals surface area (Å²) in [6.07, 6.45) is 0.763. The number of carbonyl (C=O) groups excluding carboxylic acids is 2. The van der Waals surface area contributed by atoms with Gasteiger partial charge in [0.05, 0.1) is 25.1 Å². The Bertz CT molecular complexity index is 1040. The van der Waals surface area contributed by atoms with E-state index in [1.807, 2.05) is 0 Å². The van der Waals surface area contributed by atoms with E-state index in [-0.39, 0.29) is 47.1 Å². The molecule has 1 atom stereocenters. The number of nitrogens with zero attached hydrogens (tertiary/aromatic N) is 1. The molecular formula is C20H20FNO6. The van der Waals surface area contributed by atoms with E-state index in [1.165, 1.54) is 4.90 Å². The van der Waals surface area contributed by atoms with Crippen LogP contribution in [0.25, 0.3) is 11.0 Å². The summed E-state index contributed by atoms with van der Waals surface area (Å²) < 4.78 is 24.3. The smallest absolute Gasteiger partial charge is 0.340 e. The molecule has 2 aliphatic rings. The number of aldehydes is 1. The lowest BCUT2D eigenvalue weighted by atomic mass is 9.92. The Kier molecular flexibility index (Phi) is 4.56. The fourth-order valence-electron chi connectivity index (χ4n) is 4.06. The lowest BCUT2D eigenvalue weighted by Gasteiger charge is -2.23. The fourth-order valence-corrected chi connectivity index (χ4v) is 4.06. The van der Waals surface area contributed by atoms with Gasteiger partial charge in [0.15, 0.2) is 23.4 Å². The number of hydrogen-bond donors (Lipinski definition) is 1. The van der Waals surface area contributed by atoms with E-state index in [4.69, 9.17) is 9.15 Å². The minimum absolute atomic E-state index is 0.000411. The van der Waals surface area contributed by atoms with Gasteiger partial charge in [0.25, 0.3) is 0 Å². The molecule has 1 fully saturated rings. The number of rotatable bonds is 3. The minimum Gasteiger partial charge on any atom is -0.504 e. The SMILES string of the molecule is Cc1c(CC(=O)N2CCC(F)C2)c(=O)oc2c(C=O)c(O)c3c(c12)CCCO3. The van der Waals surface area contributed by atoms with Gasteiger partial charge in [-0.15, -0.1) is 0 Å². The number of hydrogen-bond acceptors (Lipinski definition) is 6. The van der Waals surface area contributed by atoms with E-state index in [0.29, 0.717) is 55.2 Å². The number of benzene rings is 1. The number of carbonyl (C=O) groups is 2. The first-order chi connectivity index (χ1) is 13.4. The van der Waals surface area contributed by atoms with Crippen LogP contribution in [-0.4, -0.2) is 48.1 Å². The standard InChI is InChI=1S/C20H20FNO6/c1-10-13(7-15(24)22-5-4-11(21)8-22)20(26)28-18-14(9-23)17(25)19-12(16(10)18)3-2-6-27-19/h9,11,25H,2-8H2,1H3. The maximum absolute atomic E-state index is 13.4. The highest BCUT2D eigenvalue weighted by atomic mass is 19.1. The summed E-state index contributed by atoms with van der Waals surface area (Å²) in [5.41, 5.74) is 0.461. The second kappa shape index (κ2) is 6.92. The lowest BCUT2D eigenvalue weighted by molar-refractivity contribution is -0.129. The Labute approximate surface area is 159 Å². The van der Waals surface area contributed by atoms with Crippen LogP contribution in [0, 0.1) is 6.92 Å². The van der Waals surface area contributed by atoms with Gasteiger partial charge in [-0.2, -0.15) is 0 Å². The molecule has 1 aromatic heterocycles. The first kappa shape index (κ1) is 18.5. The van der Waals surface area contributed by atoms with Crippen molar-refractivity contribution in [2.24, 2.45) is 0 Å². The number of fused-ring (bicyclic) bond motifs is 3. The number of phenols is 1. The van der Waals surface area contributed by atoms with E-state index in [2.05, 4.69) is 0 Å². The molecule has 1 aromatic carbocycles. The molecule has 1 unspecified atom stereocenters. The lowest BCUT2D eigenvalue weighted by Crippen LogP contribution is -2.32. The second-order valence-electron chi connectivity index (χ2n) is 7.24. The number of alkyl halides is 1. The van der Waals surface area contributed by atoms with E-state index >= 15 is 0 Å². The molecule has 1 amide bonds. The molecule has 0 bridgehead atoms. The molecule has 2 aromatic rings.